The molecule has 1 atom stereocenters. The van der Waals surface area contributed by atoms with Gasteiger partial charge in [-0.25, -0.2) is 0 Å². The molecule has 3 aromatic rings. The van der Waals surface area contributed by atoms with E-state index in [0.29, 0.717) is 0 Å². The van der Waals surface area contributed by atoms with Crippen LogP contribution in [0, 0.1) is 0 Å². The van der Waals surface area contributed by atoms with E-state index >= 15 is 0 Å². The van der Waals surface area contributed by atoms with Crippen molar-refractivity contribution in [2.45, 2.75) is 13.0 Å². The van der Waals surface area contributed by atoms with E-state index in [4.69, 9.17) is 4.74 Å². The Morgan fingerprint density at radius 1 is 1.14 bits per heavy atom. The molecule has 21 heavy (non-hydrogen) atoms. The number of ether oxygens (including phenoxy) is 1. The lowest BCUT2D eigenvalue weighted by Crippen LogP contribution is -2.06. The molecule has 2 aromatic carbocycles. The highest BCUT2D eigenvalue weighted by Gasteiger charge is 2.09. The zero-order valence-corrected chi connectivity index (χ0v) is 14.3. The summed E-state index contributed by atoms with van der Waals surface area (Å²) in [7, 11) is 1.68. The Labute approximate surface area is 136 Å². The van der Waals surface area contributed by atoms with Gasteiger partial charge < -0.3 is 10.1 Å². The fourth-order valence-electron chi connectivity index (χ4n) is 2.34. The Bertz CT molecular complexity index is 768. The molecule has 0 spiro atoms. The van der Waals surface area contributed by atoms with Gasteiger partial charge >= 0.3 is 0 Å². The molecule has 0 radical (unpaired) electrons. The van der Waals surface area contributed by atoms with Gasteiger partial charge in [0.25, 0.3) is 0 Å². The summed E-state index contributed by atoms with van der Waals surface area (Å²) in [6.45, 7) is 2.16. The molecule has 1 aromatic heterocycles. The van der Waals surface area contributed by atoms with Crippen molar-refractivity contribution >= 4 is 43.0 Å². The quantitative estimate of drug-likeness (QED) is 0.629. The van der Waals surface area contributed by atoms with Crippen molar-refractivity contribution in [1.29, 1.82) is 0 Å². The third-order valence-electron chi connectivity index (χ3n) is 3.51. The zero-order chi connectivity index (χ0) is 14.8. The third kappa shape index (κ3) is 3.06. The Hall–Kier alpha value is -1.52. The number of thiophene rings is 1. The summed E-state index contributed by atoms with van der Waals surface area (Å²) in [5.41, 5.74) is 2.36. The van der Waals surface area contributed by atoms with Crippen LogP contribution in [0.2, 0.25) is 0 Å². The van der Waals surface area contributed by atoms with Crippen LogP contribution in [0.4, 0.5) is 5.69 Å². The smallest absolute Gasteiger partial charge is 0.133 e. The lowest BCUT2D eigenvalue weighted by Gasteiger charge is -2.17. The minimum Gasteiger partial charge on any atom is -0.496 e. The van der Waals surface area contributed by atoms with Crippen LogP contribution in [0.5, 0.6) is 5.75 Å². The molecule has 4 heteroatoms. The van der Waals surface area contributed by atoms with Gasteiger partial charge in [-0.3, -0.25) is 0 Å². The number of halogens is 1. The molecule has 0 aliphatic rings. The van der Waals surface area contributed by atoms with Crippen LogP contribution >= 0.6 is 27.3 Å². The summed E-state index contributed by atoms with van der Waals surface area (Å²) in [6, 6.07) is 15.0. The van der Waals surface area contributed by atoms with E-state index in [1.807, 2.05) is 6.07 Å². The van der Waals surface area contributed by atoms with Gasteiger partial charge in [0.1, 0.15) is 5.75 Å². The van der Waals surface area contributed by atoms with Crippen LogP contribution in [0.1, 0.15) is 18.5 Å². The van der Waals surface area contributed by atoms with Crippen LogP contribution in [-0.4, -0.2) is 7.11 Å². The number of methoxy groups -OCH3 is 1. The van der Waals surface area contributed by atoms with Gasteiger partial charge in [0.2, 0.25) is 0 Å². The Morgan fingerprint density at radius 3 is 2.76 bits per heavy atom. The van der Waals surface area contributed by atoms with Gasteiger partial charge in [-0.15, -0.1) is 11.3 Å². The maximum absolute atomic E-state index is 5.27. The van der Waals surface area contributed by atoms with Crippen LogP contribution < -0.4 is 10.1 Å². The number of benzene rings is 2. The number of hydrogen-bond acceptors (Lipinski definition) is 3. The normalized spacial score (nSPS) is 12.3. The van der Waals surface area contributed by atoms with Crippen molar-refractivity contribution in [2.24, 2.45) is 0 Å². The van der Waals surface area contributed by atoms with Crippen LogP contribution in [-0.2, 0) is 0 Å². The summed E-state index contributed by atoms with van der Waals surface area (Å²) in [5, 5.41) is 6.96. The first-order chi connectivity index (χ1) is 10.2. The number of fused-ring (bicyclic) bond motifs is 1. The van der Waals surface area contributed by atoms with Crippen LogP contribution in [0.3, 0.4) is 0 Å². The second kappa shape index (κ2) is 6.08. The van der Waals surface area contributed by atoms with E-state index in [9.17, 15) is 0 Å². The average molecular weight is 362 g/mol. The third-order valence-corrected chi connectivity index (χ3v) is 5.03. The predicted molar refractivity (Wildman–Crippen MR) is 94.6 cm³/mol. The highest BCUT2D eigenvalue weighted by Crippen LogP contribution is 2.30. The summed E-state index contributed by atoms with van der Waals surface area (Å²) in [5.74, 6) is 0.852. The first kappa shape index (κ1) is 14.4. The molecule has 0 fully saturated rings. The minimum atomic E-state index is 0.225. The molecule has 0 amide bonds. The lowest BCUT2D eigenvalue weighted by atomic mass is 10.1. The SMILES string of the molecule is COc1ccc(C(C)Nc2ccc3sccc3c2)cc1Br. The van der Waals surface area contributed by atoms with E-state index in [0.717, 1.165) is 15.9 Å². The molecule has 0 saturated carbocycles. The van der Waals surface area contributed by atoms with Gasteiger partial charge in [-0.2, -0.15) is 0 Å². The fraction of sp³-hybridized carbons (Fsp3) is 0.176. The van der Waals surface area contributed by atoms with Crippen LogP contribution in [0.25, 0.3) is 10.1 Å². The monoisotopic (exact) mass is 361 g/mol. The molecule has 1 heterocycles. The zero-order valence-electron chi connectivity index (χ0n) is 11.9. The second-order valence-corrected chi connectivity index (χ2v) is 6.74. The van der Waals surface area contributed by atoms with Gasteiger partial charge in [0.05, 0.1) is 11.6 Å². The summed E-state index contributed by atoms with van der Waals surface area (Å²) in [6.07, 6.45) is 0. The molecule has 2 nitrogen and oxygen atoms in total. The maximum Gasteiger partial charge on any atom is 0.133 e. The second-order valence-electron chi connectivity index (χ2n) is 4.93. The largest absolute Gasteiger partial charge is 0.496 e. The van der Waals surface area contributed by atoms with E-state index < -0.39 is 0 Å². The molecule has 108 valence electrons. The summed E-state index contributed by atoms with van der Waals surface area (Å²) < 4.78 is 7.57. The van der Waals surface area contributed by atoms with Gasteiger partial charge in [0, 0.05) is 16.4 Å². The van der Waals surface area contributed by atoms with Gasteiger partial charge in [0.15, 0.2) is 0 Å². The highest BCUT2D eigenvalue weighted by molar-refractivity contribution is 9.10. The fourth-order valence-corrected chi connectivity index (χ4v) is 3.67. The minimum absolute atomic E-state index is 0.225. The molecule has 0 bridgehead atoms. The summed E-state index contributed by atoms with van der Waals surface area (Å²) in [4.78, 5) is 0. The molecule has 1 unspecified atom stereocenters. The predicted octanol–water partition coefficient (Wildman–Crippen LogP) is 5.85. The summed E-state index contributed by atoms with van der Waals surface area (Å²) >= 11 is 5.31. The molecule has 1 N–H and O–H groups in total. The lowest BCUT2D eigenvalue weighted by molar-refractivity contribution is 0.412. The molecule has 0 aliphatic carbocycles. The Kier molecular flexibility index (Phi) is 4.17. The van der Waals surface area contributed by atoms with Crippen LogP contribution in [0.15, 0.2) is 52.3 Å². The molecular formula is C17H16BrNOS. The number of hydrogen-bond donors (Lipinski definition) is 1. The van der Waals surface area contributed by atoms with Crippen molar-refractivity contribution in [3.8, 4) is 5.75 Å². The standard InChI is InChI=1S/C17H16BrNOS/c1-11(12-3-5-16(20-2)15(18)10-12)19-14-4-6-17-13(9-14)7-8-21-17/h3-11,19H,1-2H3. The first-order valence-electron chi connectivity index (χ1n) is 6.74. The Balaban J connectivity index is 1.81. The molecule has 0 aliphatic heterocycles. The topological polar surface area (TPSA) is 21.3 Å². The van der Waals surface area contributed by atoms with E-state index in [-0.39, 0.29) is 6.04 Å². The first-order valence-corrected chi connectivity index (χ1v) is 8.42. The molecule has 3 rings (SSSR count). The molecular weight excluding hydrogens is 346 g/mol. The maximum atomic E-state index is 5.27. The average Bonchev–Trinajstić information content (AvgIpc) is 2.94. The number of nitrogens with one attached hydrogen (secondary N) is 1. The van der Waals surface area contributed by atoms with Crippen molar-refractivity contribution < 1.29 is 4.74 Å². The van der Waals surface area contributed by atoms with Gasteiger partial charge in [-0.05, 0) is 75.6 Å². The van der Waals surface area contributed by atoms with Crippen molar-refractivity contribution in [3.63, 3.8) is 0 Å². The van der Waals surface area contributed by atoms with Gasteiger partial charge in [-0.1, -0.05) is 6.07 Å². The van der Waals surface area contributed by atoms with Crippen molar-refractivity contribution in [1.82, 2.24) is 0 Å². The van der Waals surface area contributed by atoms with Crippen molar-refractivity contribution in [3.05, 3.63) is 57.9 Å². The number of rotatable bonds is 4. The number of anilines is 1. The van der Waals surface area contributed by atoms with E-state index in [1.54, 1.807) is 18.4 Å². The van der Waals surface area contributed by atoms with E-state index in [1.165, 1.54) is 15.6 Å². The van der Waals surface area contributed by atoms with Crippen molar-refractivity contribution in [2.75, 3.05) is 12.4 Å². The Morgan fingerprint density at radius 2 is 2.00 bits per heavy atom. The highest BCUT2D eigenvalue weighted by atomic mass is 79.9. The molecule has 0 saturated heterocycles. The van der Waals surface area contributed by atoms with E-state index in [2.05, 4.69) is 69.9 Å².